The van der Waals surface area contributed by atoms with E-state index in [0.717, 1.165) is 22.5 Å². The molecule has 1 heterocycles. The minimum Gasteiger partial charge on any atom is -0.493 e. The summed E-state index contributed by atoms with van der Waals surface area (Å²) in [5.74, 6) is 1.68. The average Bonchev–Trinajstić information content (AvgIpc) is 2.90. The fraction of sp³-hybridized carbons (Fsp3) is 0.438. The highest BCUT2D eigenvalue weighted by atomic mass is 16.5. The summed E-state index contributed by atoms with van der Waals surface area (Å²) in [4.78, 5) is 13.1. The van der Waals surface area contributed by atoms with Crippen molar-refractivity contribution in [2.75, 3.05) is 27.7 Å². The number of carbonyl (C=O) groups excluding carboxylic acids is 1. The molecule has 0 bridgehead atoms. The molecule has 0 fully saturated rings. The van der Waals surface area contributed by atoms with Crippen molar-refractivity contribution >= 4 is 16.9 Å². The van der Waals surface area contributed by atoms with Crippen LogP contribution in [0.3, 0.4) is 0 Å². The molecule has 5 nitrogen and oxygen atoms in total. The molecule has 1 atom stereocenters. The van der Waals surface area contributed by atoms with E-state index in [1.807, 2.05) is 31.2 Å². The van der Waals surface area contributed by atoms with Gasteiger partial charge in [0.15, 0.2) is 11.3 Å². The van der Waals surface area contributed by atoms with Gasteiger partial charge in [-0.1, -0.05) is 12.1 Å². The van der Waals surface area contributed by atoms with E-state index in [2.05, 4.69) is 5.32 Å². The van der Waals surface area contributed by atoms with Crippen LogP contribution >= 0.6 is 0 Å². The Kier molecular flexibility index (Phi) is 4.85. The van der Waals surface area contributed by atoms with Crippen LogP contribution < -0.4 is 10.1 Å². The molecule has 2 aromatic rings. The highest BCUT2D eigenvalue weighted by Gasteiger charge is 2.14. The second-order valence-corrected chi connectivity index (χ2v) is 5.24. The molecule has 1 unspecified atom stereocenters. The van der Waals surface area contributed by atoms with Gasteiger partial charge in [-0.05, 0) is 19.1 Å². The third-order valence-electron chi connectivity index (χ3n) is 3.46. The van der Waals surface area contributed by atoms with E-state index in [4.69, 9.17) is 9.15 Å². The van der Waals surface area contributed by atoms with Crippen LogP contribution in [-0.4, -0.2) is 38.6 Å². The minimum atomic E-state index is 0.0390. The highest BCUT2D eigenvalue weighted by Crippen LogP contribution is 2.30. The van der Waals surface area contributed by atoms with Gasteiger partial charge in [-0.3, -0.25) is 4.79 Å². The number of para-hydroxylation sites is 1. The van der Waals surface area contributed by atoms with E-state index in [9.17, 15) is 4.79 Å². The Balaban J connectivity index is 2.03. The molecule has 114 valence electrons. The number of nitrogens with zero attached hydrogens (tertiary/aromatic N) is 1. The maximum atomic E-state index is 11.5. The fourth-order valence-corrected chi connectivity index (χ4v) is 2.15. The topological polar surface area (TPSA) is 54.7 Å². The summed E-state index contributed by atoms with van der Waals surface area (Å²) in [5, 5.41) is 4.32. The Bertz CT molecular complexity index is 619. The first-order chi connectivity index (χ1) is 10.0. The van der Waals surface area contributed by atoms with E-state index in [0.29, 0.717) is 13.0 Å². The van der Waals surface area contributed by atoms with E-state index in [1.54, 1.807) is 26.1 Å². The molecule has 0 aliphatic rings. The molecule has 0 aliphatic carbocycles. The van der Waals surface area contributed by atoms with Gasteiger partial charge in [0.05, 0.1) is 13.2 Å². The molecule has 0 saturated heterocycles. The van der Waals surface area contributed by atoms with Gasteiger partial charge in [0.2, 0.25) is 5.91 Å². The molecule has 0 aliphatic heterocycles. The van der Waals surface area contributed by atoms with Crippen molar-refractivity contribution in [2.24, 2.45) is 0 Å². The van der Waals surface area contributed by atoms with Gasteiger partial charge < -0.3 is 19.4 Å². The van der Waals surface area contributed by atoms with Crippen LogP contribution in [-0.2, 0) is 4.79 Å². The normalized spacial score (nSPS) is 12.4. The van der Waals surface area contributed by atoms with Crippen molar-refractivity contribution in [3.63, 3.8) is 0 Å². The molecule has 21 heavy (non-hydrogen) atoms. The zero-order valence-corrected chi connectivity index (χ0v) is 13.0. The standard InChI is InChI=1S/C16H22N2O3/c1-11(17-9-8-15(19)18(2)3)14-10-12-6-5-7-13(20-4)16(12)21-14/h5-7,10-11,17H,8-9H2,1-4H3. The molecule has 0 radical (unpaired) electrons. The maximum Gasteiger partial charge on any atom is 0.223 e. The third kappa shape index (κ3) is 3.55. The maximum absolute atomic E-state index is 11.5. The molecule has 1 N–H and O–H groups in total. The largest absolute Gasteiger partial charge is 0.493 e. The van der Waals surface area contributed by atoms with Crippen molar-refractivity contribution in [1.29, 1.82) is 0 Å². The van der Waals surface area contributed by atoms with Gasteiger partial charge in [-0.2, -0.15) is 0 Å². The first kappa shape index (κ1) is 15.4. The van der Waals surface area contributed by atoms with Crippen molar-refractivity contribution in [2.45, 2.75) is 19.4 Å². The lowest BCUT2D eigenvalue weighted by atomic mass is 10.2. The summed E-state index contributed by atoms with van der Waals surface area (Å²) in [6, 6.07) is 7.85. The lowest BCUT2D eigenvalue weighted by Crippen LogP contribution is -2.27. The van der Waals surface area contributed by atoms with Crippen LogP contribution in [0.1, 0.15) is 25.1 Å². The number of hydrogen-bond acceptors (Lipinski definition) is 4. The molecule has 1 aromatic heterocycles. The first-order valence-electron chi connectivity index (χ1n) is 7.03. The van der Waals surface area contributed by atoms with Gasteiger partial charge in [0.25, 0.3) is 0 Å². The van der Waals surface area contributed by atoms with Crippen LogP contribution in [0.2, 0.25) is 0 Å². The number of hydrogen-bond donors (Lipinski definition) is 1. The van der Waals surface area contributed by atoms with E-state index in [1.165, 1.54) is 0 Å². The predicted octanol–water partition coefficient (Wildman–Crippen LogP) is 2.57. The Labute approximate surface area is 124 Å². The summed E-state index contributed by atoms with van der Waals surface area (Å²) in [6.45, 7) is 2.64. The summed E-state index contributed by atoms with van der Waals surface area (Å²) >= 11 is 0. The zero-order valence-electron chi connectivity index (χ0n) is 13.0. The highest BCUT2D eigenvalue weighted by molar-refractivity contribution is 5.83. The molecule has 5 heteroatoms. The second kappa shape index (κ2) is 6.63. The molecular formula is C16H22N2O3. The number of furan rings is 1. The molecular weight excluding hydrogens is 268 g/mol. The minimum absolute atomic E-state index is 0.0390. The number of fused-ring (bicyclic) bond motifs is 1. The quantitative estimate of drug-likeness (QED) is 0.888. The van der Waals surface area contributed by atoms with Crippen LogP contribution in [0.25, 0.3) is 11.0 Å². The Morgan fingerprint density at radius 2 is 2.19 bits per heavy atom. The number of rotatable bonds is 6. The van der Waals surface area contributed by atoms with Crippen molar-refractivity contribution < 1.29 is 13.9 Å². The van der Waals surface area contributed by atoms with Gasteiger partial charge in [-0.25, -0.2) is 0 Å². The lowest BCUT2D eigenvalue weighted by Gasteiger charge is -2.13. The van der Waals surface area contributed by atoms with Crippen LogP contribution in [0.15, 0.2) is 28.7 Å². The van der Waals surface area contributed by atoms with Gasteiger partial charge in [0, 0.05) is 32.4 Å². The number of benzene rings is 1. The Morgan fingerprint density at radius 1 is 1.43 bits per heavy atom. The molecule has 1 amide bonds. The van der Waals surface area contributed by atoms with Crippen molar-refractivity contribution in [1.82, 2.24) is 10.2 Å². The van der Waals surface area contributed by atoms with E-state index < -0.39 is 0 Å². The molecule has 0 saturated carbocycles. The summed E-state index contributed by atoms with van der Waals surface area (Å²) in [7, 11) is 5.15. The van der Waals surface area contributed by atoms with Gasteiger partial charge in [0.1, 0.15) is 5.76 Å². The number of nitrogens with one attached hydrogen (secondary N) is 1. The van der Waals surface area contributed by atoms with E-state index in [-0.39, 0.29) is 11.9 Å². The monoisotopic (exact) mass is 290 g/mol. The predicted molar refractivity (Wildman–Crippen MR) is 82.5 cm³/mol. The first-order valence-corrected chi connectivity index (χ1v) is 7.03. The van der Waals surface area contributed by atoms with E-state index >= 15 is 0 Å². The third-order valence-corrected chi connectivity index (χ3v) is 3.46. The SMILES string of the molecule is COc1cccc2cc(C(C)NCCC(=O)N(C)C)oc12. The number of carbonyl (C=O) groups is 1. The van der Waals surface area contributed by atoms with Gasteiger partial charge >= 0.3 is 0 Å². The Hall–Kier alpha value is -2.01. The van der Waals surface area contributed by atoms with Crippen LogP contribution in [0.4, 0.5) is 0 Å². The molecule has 1 aromatic carbocycles. The summed E-state index contributed by atoms with van der Waals surface area (Å²) in [6.07, 6.45) is 0.473. The summed E-state index contributed by atoms with van der Waals surface area (Å²) in [5.41, 5.74) is 0.757. The van der Waals surface area contributed by atoms with Crippen LogP contribution in [0.5, 0.6) is 5.75 Å². The molecule has 2 rings (SSSR count). The lowest BCUT2D eigenvalue weighted by molar-refractivity contribution is -0.128. The Morgan fingerprint density at radius 3 is 2.86 bits per heavy atom. The average molecular weight is 290 g/mol. The summed E-state index contributed by atoms with van der Waals surface area (Å²) < 4.78 is 11.2. The van der Waals surface area contributed by atoms with Gasteiger partial charge in [-0.15, -0.1) is 0 Å². The van der Waals surface area contributed by atoms with Crippen molar-refractivity contribution in [3.8, 4) is 5.75 Å². The number of ether oxygens (including phenoxy) is 1. The number of amides is 1. The number of methoxy groups -OCH3 is 1. The van der Waals surface area contributed by atoms with Crippen molar-refractivity contribution in [3.05, 3.63) is 30.0 Å². The van der Waals surface area contributed by atoms with Crippen LogP contribution in [0, 0.1) is 0 Å². The fourth-order valence-electron chi connectivity index (χ4n) is 2.15. The molecule has 0 spiro atoms. The zero-order chi connectivity index (χ0) is 15.4. The smallest absolute Gasteiger partial charge is 0.223 e. The second-order valence-electron chi connectivity index (χ2n) is 5.24.